The van der Waals surface area contributed by atoms with E-state index in [9.17, 15) is 20.1 Å². The zero-order chi connectivity index (χ0) is 32.4. The highest BCUT2D eigenvalue weighted by molar-refractivity contribution is 5.80. The first-order valence-corrected chi connectivity index (χ1v) is 19.2. The SMILES string of the molecule is CCCCCCCCC/C=C/CC/C=C/C(O)C(CO)NC(=O)C(O)CCCCCCCCCCCCCCCCCCC. The van der Waals surface area contributed by atoms with Gasteiger partial charge in [0.15, 0.2) is 0 Å². The van der Waals surface area contributed by atoms with Crippen LogP contribution in [0, 0.1) is 0 Å². The molecule has 260 valence electrons. The Morgan fingerprint density at radius 1 is 0.545 bits per heavy atom. The third-order valence-electron chi connectivity index (χ3n) is 8.79. The number of carbonyl (C=O) groups is 1. The van der Waals surface area contributed by atoms with Crippen LogP contribution in [0.15, 0.2) is 24.3 Å². The predicted molar refractivity (Wildman–Crippen MR) is 190 cm³/mol. The standard InChI is InChI=1S/C39H75NO4/c1-3-5-7-9-11-13-15-17-18-19-20-22-24-26-28-30-32-34-38(43)39(44)40-36(35-41)37(42)33-31-29-27-25-23-21-16-14-12-10-8-6-4-2/h23,25,31,33,36-38,41-43H,3-22,24,26-30,32,34-35H2,1-2H3,(H,40,44)/b25-23+,33-31+. The van der Waals surface area contributed by atoms with E-state index in [0.29, 0.717) is 6.42 Å². The zero-order valence-corrected chi connectivity index (χ0v) is 29.3. The van der Waals surface area contributed by atoms with Gasteiger partial charge in [0.05, 0.1) is 18.8 Å². The average molecular weight is 622 g/mol. The van der Waals surface area contributed by atoms with Gasteiger partial charge in [0, 0.05) is 0 Å². The number of aliphatic hydroxyl groups is 3. The lowest BCUT2D eigenvalue weighted by atomic mass is 10.0. The van der Waals surface area contributed by atoms with Gasteiger partial charge in [-0.2, -0.15) is 0 Å². The molecular formula is C39H75NO4. The van der Waals surface area contributed by atoms with Crippen LogP contribution in [-0.2, 0) is 4.79 Å². The molecule has 3 unspecified atom stereocenters. The van der Waals surface area contributed by atoms with Crippen LogP contribution < -0.4 is 5.32 Å². The summed E-state index contributed by atoms with van der Waals surface area (Å²) in [7, 11) is 0. The Morgan fingerprint density at radius 3 is 1.39 bits per heavy atom. The third kappa shape index (κ3) is 29.5. The summed E-state index contributed by atoms with van der Waals surface area (Å²) in [5.41, 5.74) is 0. The van der Waals surface area contributed by atoms with Crippen molar-refractivity contribution in [3.63, 3.8) is 0 Å². The maximum absolute atomic E-state index is 12.4. The molecule has 0 rings (SSSR count). The Labute approximate surface area is 273 Å². The molecule has 0 aliphatic rings. The largest absolute Gasteiger partial charge is 0.394 e. The highest BCUT2D eigenvalue weighted by atomic mass is 16.3. The maximum Gasteiger partial charge on any atom is 0.249 e. The summed E-state index contributed by atoms with van der Waals surface area (Å²) in [5, 5.41) is 32.9. The van der Waals surface area contributed by atoms with E-state index in [1.54, 1.807) is 6.08 Å². The molecule has 0 aromatic heterocycles. The van der Waals surface area contributed by atoms with Gasteiger partial charge in [-0.05, 0) is 32.1 Å². The van der Waals surface area contributed by atoms with Gasteiger partial charge < -0.3 is 20.6 Å². The summed E-state index contributed by atoms with van der Waals surface area (Å²) in [5.74, 6) is -0.513. The number of allylic oxidation sites excluding steroid dienone is 3. The topological polar surface area (TPSA) is 89.8 Å². The van der Waals surface area contributed by atoms with E-state index in [4.69, 9.17) is 0 Å². The number of carbonyl (C=O) groups excluding carboxylic acids is 1. The molecule has 0 radical (unpaired) electrons. The Morgan fingerprint density at radius 2 is 0.932 bits per heavy atom. The molecular weight excluding hydrogens is 546 g/mol. The van der Waals surface area contributed by atoms with Crippen LogP contribution in [0.25, 0.3) is 0 Å². The van der Waals surface area contributed by atoms with Gasteiger partial charge in [-0.3, -0.25) is 4.79 Å². The van der Waals surface area contributed by atoms with Crippen LogP contribution in [0.4, 0.5) is 0 Å². The lowest BCUT2D eigenvalue weighted by molar-refractivity contribution is -0.131. The zero-order valence-electron chi connectivity index (χ0n) is 29.3. The predicted octanol–water partition coefficient (Wildman–Crippen LogP) is 10.3. The summed E-state index contributed by atoms with van der Waals surface area (Å²) < 4.78 is 0. The van der Waals surface area contributed by atoms with Crippen molar-refractivity contribution in [3.8, 4) is 0 Å². The molecule has 0 aliphatic heterocycles. The van der Waals surface area contributed by atoms with Crippen molar-refractivity contribution < 1.29 is 20.1 Å². The molecule has 1 amide bonds. The molecule has 0 saturated carbocycles. The lowest BCUT2D eigenvalue weighted by Crippen LogP contribution is -2.48. The van der Waals surface area contributed by atoms with Crippen molar-refractivity contribution in [1.82, 2.24) is 5.32 Å². The van der Waals surface area contributed by atoms with E-state index in [1.807, 2.05) is 6.08 Å². The monoisotopic (exact) mass is 622 g/mol. The molecule has 0 bridgehead atoms. The molecule has 0 aliphatic carbocycles. The van der Waals surface area contributed by atoms with Crippen LogP contribution in [-0.4, -0.2) is 46.1 Å². The maximum atomic E-state index is 12.4. The number of aliphatic hydroxyl groups excluding tert-OH is 3. The smallest absolute Gasteiger partial charge is 0.249 e. The Hall–Kier alpha value is -1.17. The van der Waals surface area contributed by atoms with Crippen LogP contribution in [0.2, 0.25) is 0 Å². The van der Waals surface area contributed by atoms with Gasteiger partial charge in [-0.25, -0.2) is 0 Å². The van der Waals surface area contributed by atoms with Crippen LogP contribution in [0.5, 0.6) is 0 Å². The molecule has 0 aromatic carbocycles. The number of rotatable bonds is 34. The first-order chi connectivity index (χ1) is 21.6. The number of unbranched alkanes of at least 4 members (excludes halogenated alkanes) is 24. The van der Waals surface area contributed by atoms with E-state index >= 15 is 0 Å². The van der Waals surface area contributed by atoms with Crippen molar-refractivity contribution >= 4 is 5.91 Å². The second kappa shape index (κ2) is 34.7. The molecule has 44 heavy (non-hydrogen) atoms. The first-order valence-electron chi connectivity index (χ1n) is 19.2. The fraction of sp³-hybridized carbons (Fsp3) is 0.872. The van der Waals surface area contributed by atoms with Gasteiger partial charge in [-0.1, -0.05) is 186 Å². The van der Waals surface area contributed by atoms with Crippen molar-refractivity contribution in [3.05, 3.63) is 24.3 Å². The van der Waals surface area contributed by atoms with Crippen LogP contribution in [0.3, 0.4) is 0 Å². The fourth-order valence-electron chi connectivity index (χ4n) is 5.73. The summed E-state index contributed by atoms with van der Waals surface area (Å²) in [6.07, 6.45) is 40.5. The number of hydrogen-bond donors (Lipinski definition) is 4. The summed E-state index contributed by atoms with van der Waals surface area (Å²) in [6.45, 7) is 4.15. The molecule has 0 aromatic rings. The molecule has 0 saturated heterocycles. The Kier molecular flexibility index (Phi) is 33.8. The second-order valence-corrected chi connectivity index (χ2v) is 13.1. The normalized spacial score (nSPS) is 14.0. The van der Waals surface area contributed by atoms with E-state index in [2.05, 4.69) is 31.3 Å². The average Bonchev–Trinajstić information content (AvgIpc) is 3.03. The first kappa shape index (κ1) is 42.8. The van der Waals surface area contributed by atoms with Crippen LogP contribution in [0.1, 0.15) is 194 Å². The van der Waals surface area contributed by atoms with Gasteiger partial charge in [-0.15, -0.1) is 0 Å². The van der Waals surface area contributed by atoms with E-state index in [0.717, 1.165) is 38.5 Å². The van der Waals surface area contributed by atoms with Gasteiger partial charge in [0.2, 0.25) is 5.91 Å². The molecule has 5 nitrogen and oxygen atoms in total. The lowest BCUT2D eigenvalue weighted by Gasteiger charge is -2.21. The highest BCUT2D eigenvalue weighted by Crippen LogP contribution is 2.15. The molecule has 4 N–H and O–H groups in total. The van der Waals surface area contributed by atoms with Crippen LogP contribution >= 0.6 is 0 Å². The Balaban J connectivity index is 3.74. The summed E-state index contributed by atoms with van der Waals surface area (Å²) >= 11 is 0. The molecule has 0 heterocycles. The number of amides is 1. The van der Waals surface area contributed by atoms with E-state index in [-0.39, 0.29) is 6.61 Å². The van der Waals surface area contributed by atoms with Gasteiger partial charge in [0.25, 0.3) is 0 Å². The minimum absolute atomic E-state index is 0.374. The highest BCUT2D eigenvalue weighted by Gasteiger charge is 2.22. The molecule has 0 fully saturated rings. The summed E-state index contributed by atoms with van der Waals surface area (Å²) in [4.78, 5) is 12.4. The van der Waals surface area contributed by atoms with Gasteiger partial charge in [0.1, 0.15) is 6.10 Å². The van der Waals surface area contributed by atoms with Crippen molar-refractivity contribution in [1.29, 1.82) is 0 Å². The number of hydrogen-bond acceptors (Lipinski definition) is 4. The molecule has 0 spiro atoms. The van der Waals surface area contributed by atoms with Gasteiger partial charge >= 0.3 is 0 Å². The fourth-order valence-corrected chi connectivity index (χ4v) is 5.73. The Bertz CT molecular complexity index is 650. The molecule has 3 atom stereocenters. The molecule has 5 heteroatoms. The third-order valence-corrected chi connectivity index (χ3v) is 8.79. The van der Waals surface area contributed by atoms with Crippen molar-refractivity contribution in [2.24, 2.45) is 0 Å². The summed E-state index contributed by atoms with van der Waals surface area (Å²) in [6, 6.07) is -0.809. The second-order valence-electron chi connectivity index (χ2n) is 13.1. The van der Waals surface area contributed by atoms with E-state index in [1.165, 1.54) is 135 Å². The number of nitrogens with one attached hydrogen (secondary N) is 1. The van der Waals surface area contributed by atoms with Crippen molar-refractivity contribution in [2.45, 2.75) is 212 Å². The quantitative estimate of drug-likeness (QED) is 0.0425. The van der Waals surface area contributed by atoms with Crippen molar-refractivity contribution in [2.75, 3.05) is 6.61 Å². The minimum atomic E-state index is -1.10. The van der Waals surface area contributed by atoms with E-state index < -0.39 is 24.2 Å². The minimum Gasteiger partial charge on any atom is -0.394 e.